The van der Waals surface area contributed by atoms with Crippen molar-refractivity contribution in [1.29, 1.82) is 0 Å². The quantitative estimate of drug-likeness (QED) is 0.548. The van der Waals surface area contributed by atoms with E-state index in [1.54, 1.807) is 0 Å². The first-order valence-electron chi connectivity index (χ1n) is 6.22. The van der Waals surface area contributed by atoms with Gasteiger partial charge in [0, 0.05) is 25.9 Å². The van der Waals surface area contributed by atoms with Gasteiger partial charge in [0.25, 0.3) is 0 Å². The molecular formula is C11H17ClN4O3S. The maximum absolute atomic E-state index is 12.4. The van der Waals surface area contributed by atoms with E-state index in [0.29, 0.717) is 25.9 Å². The number of hydrogen-bond acceptors (Lipinski definition) is 6. The topological polar surface area (TPSA) is 109 Å². The second-order valence-corrected chi connectivity index (χ2v) is 7.02. The SMILES string of the molecule is NNc1ncc(S(=O)(=O)N2CCC(CO)CC2)cc1Cl. The molecule has 1 fully saturated rings. The standard InChI is InChI=1S/C11H17ClN4O3S/c12-10-5-9(6-14-11(10)15-13)20(18,19)16-3-1-8(7-17)2-4-16/h5-6,8,17H,1-4,7,13H2,(H,14,15). The zero-order valence-electron chi connectivity index (χ0n) is 10.8. The molecule has 0 saturated carbocycles. The lowest BCUT2D eigenvalue weighted by Crippen LogP contribution is -2.39. The van der Waals surface area contributed by atoms with Crippen LogP contribution in [0.15, 0.2) is 17.2 Å². The zero-order chi connectivity index (χ0) is 14.8. The molecule has 0 atom stereocenters. The summed E-state index contributed by atoms with van der Waals surface area (Å²) in [4.78, 5) is 3.92. The number of pyridine rings is 1. The fourth-order valence-electron chi connectivity index (χ4n) is 2.15. The van der Waals surface area contributed by atoms with Gasteiger partial charge in [-0.25, -0.2) is 19.2 Å². The molecule has 112 valence electrons. The van der Waals surface area contributed by atoms with Crippen LogP contribution in [-0.4, -0.2) is 42.5 Å². The summed E-state index contributed by atoms with van der Waals surface area (Å²) in [6.07, 6.45) is 2.53. The molecule has 1 aliphatic rings. The molecule has 0 aliphatic carbocycles. The average Bonchev–Trinajstić information content (AvgIpc) is 2.47. The summed E-state index contributed by atoms with van der Waals surface area (Å²) in [7, 11) is -3.60. The van der Waals surface area contributed by atoms with E-state index in [4.69, 9.17) is 22.6 Å². The van der Waals surface area contributed by atoms with Gasteiger partial charge in [0.2, 0.25) is 10.0 Å². The highest BCUT2D eigenvalue weighted by molar-refractivity contribution is 7.89. The number of halogens is 1. The van der Waals surface area contributed by atoms with Gasteiger partial charge in [-0.2, -0.15) is 4.31 Å². The molecule has 4 N–H and O–H groups in total. The summed E-state index contributed by atoms with van der Waals surface area (Å²) < 4.78 is 26.3. The van der Waals surface area contributed by atoms with Crippen molar-refractivity contribution in [3.8, 4) is 0 Å². The van der Waals surface area contributed by atoms with Gasteiger partial charge in [0.15, 0.2) is 5.82 Å². The van der Waals surface area contributed by atoms with E-state index in [1.165, 1.54) is 16.6 Å². The molecule has 7 nitrogen and oxygen atoms in total. The zero-order valence-corrected chi connectivity index (χ0v) is 12.4. The third-order valence-corrected chi connectivity index (χ3v) is 5.57. The van der Waals surface area contributed by atoms with Gasteiger partial charge in [-0.05, 0) is 24.8 Å². The van der Waals surface area contributed by atoms with Crippen LogP contribution in [0.5, 0.6) is 0 Å². The van der Waals surface area contributed by atoms with Crippen LogP contribution in [0.1, 0.15) is 12.8 Å². The molecule has 1 aromatic rings. The molecule has 2 heterocycles. The number of rotatable bonds is 4. The number of aromatic nitrogens is 1. The van der Waals surface area contributed by atoms with Crippen molar-refractivity contribution < 1.29 is 13.5 Å². The first kappa shape index (κ1) is 15.5. The van der Waals surface area contributed by atoms with Crippen LogP contribution in [-0.2, 0) is 10.0 Å². The minimum Gasteiger partial charge on any atom is -0.396 e. The van der Waals surface area contributed by atoms with Crippen LogP contribution in [0, 0.1) is 5.92 Å². The van der Waals surface area contributed by atoms with Crippen molar-refractivity contribution in [3.63, 3.8) is 0 Å². The fraction of sp³-hybridized carbons (Fsp3) is 0.545. The number of hydrazine groups is 1. The van der Waals surface area contributed by atoms with E-state index in [9.17, 15) is 8.42 Å². The van der Waals surface area contributed by atoms with Crippen LogP contribution < -0.4 is 11.3 Å². The van der Waals surface area contributed by atoms with Gasteiger partial charge >= 0.3 is 0 Å². The van der Waals surface area contributed by atoms with Gasteiger partial charge in [-0.3, -0.25) is 0 Å². The summed E-state index contributed by atoms with van der Waals surface area (Å²) in [6, 6.07) is 1.33. The maximum Gasteiger partial charge on any atom is 0.244 e. The molecule has 0 amide bonds. The van der Waals surface area contributed by atoms with E-state index in [2.05, 4.69) is 10.4 Å². The summed E-state index contributed by atoms with van der Waals surface area (Å²) >= 11 is 5.90. The first-order valence-corrected chi connectivity index (χ1v) is 8.04. The second kappa shape index (κ2) is 6.23. The minimum absolute atomic E-state index is 0.0453. The van der Waals surface area contributed by atoms with Gasteiger partial charge in [0.05, 0.1) is 5.02 Å². The number of anilines is 1. The van der Waals surface area contributed by atoms with E-state index in [-0.39, 0.29) is 28.3 Å². The number of nitrogens with one attached hydrogen (secondary N) is 1. The molecule has 0 unspecified atom stereocenters. The molecular weight excluding hydrogens is 304 g/mol. The smallest absolute Gasteiger partial charge is 0.244 e. The normalized spacial score (nSPS) is 18.1. The Hall–Kier alpha value is -0.930. The Morgan fingerprint density at radius 1 is 1.50 bits per heavy atom. The number of nitrogen functional groups attached to an aromatic ring is 1. The predicted molar refractivity (Wildman–Crippen MR) is 75.6 cm³/mol. The molecule has 9 heteroatoms. The monoisotopic (exact) mass is 320 g/mol. The highest BCUT2D eigenvalue weighted by Gasteiger charge is 2.29. The Morgan fingerprint density at radius 3 is 2.65 bits per heavy atom. The molecule has 0 aromatic carbocycles. The molecule has 1 aliphatic heterocycles. The van der Waals surface area contributed by atoms with Gasteiger partial charge in [-0.15, -0.1) is 0 Å². The summed E-state index contributed by atoms with van der Waals surface area (Å²) in [5.74, 6) is 5.60. The third-order valence-electron chi connectivity index (χ3n) is 3.42. The van der Waals surface area contributed by atoms with E-state index >= 15 is 0 Å². The van der Waals surface area contributed by atoms with Crippen molar-refractivity contribution in [2.75, 3.05) is 25.1 Å². The van der Waals surface area contributed by atoms with Crippen molar-refractivity contribution in [2.24, 2.45) is 11.8 Å². The van der Waals surface area contributed by atoms with Gasteiger partial charge < -0.3 is 10.5 Å². The van der Waals surface area contributed by atoms with Crippen LogP contribution in [0.2, 0.25) is 5.02 Å². The molecule has 20 heavy (non-hydrogen) atoms. The largest absolute Gasteiger partial charge is 0.396 e. The minimum atomic E-state index is -3.60. The Labute approximate surface area is 122 Å². The molecule has 0 radical (unpaired) electrons. The van der Waals surface area contributed by atoms with E-state index in [1.807, 2.05) is 0 Å². The number of sulfonamides is 1. The summed E-state index contributed by atoms with van der Waals surface area (Å²) in [5.41, 5.74) is 2.29. The summed E-state index contributed by atoms with van der Waals surface area (Å²) in [6.45, 7) is 0.877. The fourth-order valence-corrected chi connectivity index (χ4v) is 3.88. The Kier molecular flexibility index (Phi) is 4.82. The average molecular weight is 321 g/mol. The number of nitrogens with zero attached hydrogens (tertiary/aromatic N) is 2. The van der Waals surface area contributed by atoms with Crippen molar-refractivity contribution >= 4 is 27.4 Å². The first-order chi connectivity index (χ1) is 9.48. The third kappa shape index (κ3) is 3.04. The number of nitrogens with two attached hydrogens (primary N) is 1. The second-order valence-electron chi connectivity index (χ2n) is 4.68. The maximum atomic E-state index is 12.4. The van der Waals surface area contributed by atoms with Crippen LogP contribution in [0.4, 0.5) is 5.82 Å². The molecule has 0 bridgehead atoms. The van der Waals surface area contributed by atoms with Crippen molar-refractivity contribution in [2.45, 2.75) is 17.7 Å². The summed E-state index contributed by atoms with van der Waals surface area (Å²) in [5, 5.41) is 9.23. The molecule has 0 spiro atoms. The number of piperidine rings is 1. The lowest BCUT2D eigenvalue weighted by molar-refractivity contribution is 0.170. The van der Waals surface area contributed by atoms with E-state index in [0.717, 1.165) is 0 Å². The lowest BCUT2D eigenvalue weighted by atomic mass is 10.00. The lowest BCUT2D eigenvalue weighted by Gasteiger charge is -2.30. The Morgan fingerprint density at radius 2 is 2.15 bits per heavy atom. The van der Waals surface area contributed by atoms with Crippen LogP contribution in [0.3, 0.4) is 0 Å². The molecule has 2 rings (SSSR count). The van der Waals surface area contributed by atoms with Crippen LogP contribution >= 0.6 is 11.6 Å². The molecule has 1 aromatic heterocycles. The highest BCUT2D eigenvalue weighted by Crippen LogP contribution is 2.26. The number of aliphatic hydroxyl groups excluding tert-OH is 1. The Balaban J connectivity index is 2.20. The van der Waals surface area contributed by atoms with Crippen LogP contribution in [0.25, 0.3) is 0 Å². The van der Waals surface area contributed by atoms with Gasteiger partial charge in [0.1, 0.15) is 4.90 Å². The van der Waals surface area contributed by atoms with Gasteiger partial charge in [-0.1, -0.05) is 11.6 Å². The highest BCUT2D eigenvalue weighted by atomic mass is 35.5. The molecule has 1 saturated heterocycles. The number of aliphatic hydroxyl groups is 1. The van der Waals surface area contributed by atoms with Crippen molar-refractivity contribution in [3.05, 3.63) is 17.3 Å². The Bertz CT molecular complexity index is 573. The van der Waals surface area contributed by atoms with E-state index < -0.39 is 10.0 Å². The predicted octanol–water partition coefficient (Wildman–Crippen LogP) is 0.414. The number of hydrogen-bond donors (Lipinski definition) is 3. The van der Waals surface area contributed by atoms with Crippen molar-refractivity contribution in [1.82, 2.24) is 9.29 Å².